The van der Waals surface area contributed by atoms with E-state index in [-0.39, 0.29) is 0 Å². The van der Waals surface area contributed by atoms with E-state index >= 15 is 0 Å². The fraction of sp³-hybridized carbons (Fsp3) is 1.00. The fourth-order valence-corrected chi connectivity index (χ4v) is 0.348. The van der Waals surface area contributed by atoms with Crippen molar-refractivity contribution >= 4 is 0 Å². The van der Waals surface area contributed by atoms with E-state index < -0.39 is 0 Å². The molecule has 2 heteroatoms. The molecule has 0 heterocycles. The van der Waals surface area contributed by atoms with Gasteiger partial charge in [-0.05, 0) is 18.9 Å². The summed E-state index contributed by atoms with van der Waals surface area (Å²) >= 11 is 0. The molecule has 0 saturated heterocycles. The highest BCUT2D eigenvalue weighted by Crippen LogP contribution is 1.95. The van der Waals surface area contributed by atoms with Gasteiger partial charge < -0.3 is 10.7 Å². The van der Waals surface area contributed by atoms with E-state index in [2.05, 4.69) is 13.8 Å². The highest BCUT2D eigenvalue weighted by atomic mass is 16.5. The van der Waals surface area contributed by atoms with Crippen LogP contribution in [0.1, 0.15) is 20.3 Å². The van der Waals surface area contributed by atoms with Gasteiger partial charge in [-0.1, -0.05) is 13.8 Å². The molecular weight excluding hydrogens is 90.1 g/mol. The maximum Gasteiger partial charge on any atom is -0.0167 e. The largest absolute Gasteiger partial charge is 0.788 e. The van der Waals surface area contributed by atoms with E-state index in [0.29, 0.717) is 12.5 Å². The molecule has 0 bridgehead atoms. The number of hydrogen-bond acceptors (Lipinski definition) is 2. The Bertz CT molecular complexity index is 37.1. The molecule has 0 spiro atoms. The van der Waals surface area contributed by atoms with Gasteiger partial charge in [0.25, 0.3) is 0 Å². The highest BCUT2D eigenvalue weighted by Gasteiger charge is 1.86. The first-order chi connectivity index (χ1) is 3.27. The van der Waals surface area contributed by atoms with Gasteiger partial charge in [0.2, 0.25) is 0 Å². The van der Waals surface area contributed by atoms with Crippen LogP contribution in [-0.4, -0.2) is 6.54 Å². The summed E-state index contributed by atoms with van der Waals surface area (Å²) in [6, 6.07) is 0. The molecule has 44 valence electrons. The van der Waals surface area contributed by atoms with Gasteiger partial charge in [-0.25, -0.2) is 0 Å². The van der Waals surface area contributed by atoms with Crippen LogP contribution in [0, 0.1) is 11.1 Å². The lowest BCUT2D eigenvalue weighted by Crippen LogP contribution is -2.07. The van der Waals surface area contributed by atoms with E-state index in [0.717, 1.165) is 6.42 Å². The topological polar surface area (TPSA) is 35.1 Å². The van der Waals surface area contributed by atoms with E-state index in [1.165, 1.54) is 0 Å². The van der Waals surface area contributed by atoms with Crippen LogP contribution in [0.5, 0.6) is 0 Å². The molecule has 0 aromatic carbocycles. The summed E-state index contributed by atoms with van der Waals surface area (Å²) in [5, 5.41) is 9.58. The van der Waals surface area contributed by atoms with Gasteiger partial charge in [-0.2, -0.15) is 0 Å². The lowest BCUT2D eigenvalue weighted by atomic mass is 10.1. The first-order valence-corrected chi connectivity index (χ1v) is 2.62. The second-order valence-electron chi connectivity index (χ2n) is 2.08. The van der Waals surface area contributed by atoms with Crippen molar-refractivity contribution in [3.8, 4) is 0 Å². The zero-order valence-electron chi connectivity index (χ0n) is 4.90. The summed E-state index contributed by atoms with van der Waals surface area (Å²) < 4.78 is 0. The van der Waals surface area contributed by atoms with E-state index in [9.17, 15) is 5.21 Å². The Morgan fingerprint density at radius 1 is 1.57 bits per heavy atom. The molecule has 0 atom stereocenters. The standard InChI is InChI=1S/C5H12NO/c1-5(2)3-4-6-7/h5-6H,3-4H2,1-2H3/q-1. The lowest BCUT2D eigenvalue weighted by molar-refractivity contribution is 0.571. The molecule has 0 aliphatic heterocycles. The Morgan fingerprint density at radius 2 is 2.14 bits per heavy atom. The molecule has 0 aromatic heterocycles. The Labute approximate surface area is 44.5 Å². The van der Waals surface area contributed by atoms with Crippen LogP contribution in [0.25, 0.3) is 0 Å². The average Bonchev–Trinajstić information content (AvgIpc) is 1.61. The van der Waals surface area contributed by atoms with Crippen molar-refractivity contribution in [2.45, 2.75) is 20.3 Å². The van der Waals surface area contributed by atoms with Gasteiger partial charge in [0.15, 0.2) is 0 Å². The van der Waals surface area contributed by atoms with Gasteiger partial charge in [0, 0.05) is 0 Å². The Hall–Kier alpha value is -0.0800. The van der Waals surface area contributed by atoms with Crippen molar-refractivity contribution < 1.29 is 0 Å². The van der Waals surface area contributed by atoms with Crippen molar-refractivity contribution in [3.05, 3.63) is 5.21 Å². The van der Waals surface area contributed by atoms with Crippen molar-refractivity contribution in [2.75, 3.05) is 6.54 Å². The Morgan fingerprint density at radius 3 is 2.29 bits per heavy atom. The zero-order chi connectivity index (χ0) is 5.70. The molecule has 0 radical (unpaired) electrons. The smallest absolute Gasteiger partial charge is 0.0167 e. The first kappa shape index (κ1) is 6.92. The Balaban J connectivity index is 2.68. The van der Waals surface area contributed by atoms with E-state index in [1.54, 1.807) is 0 Å². The molecule has 0 unspecified atom stereocenters. The number of nitrogens with one attached hydrogen (secondary N) is 1. The minimum atomic E-state index is 0.595. The van der Waals surface area contributed by atoms with Crippen LogP contribution in [-0.2, 0) is 0 Å². The van der Waals surface area contributed by atoms with Crippen LogP contribution in [0.4, 0.5) is 0 Å². The molecule has 0 rings (SSSR count). The first-order valence-electron chi connectivity index (χ1n) is 2.62. The van der Waals surface area contributed by atoms with Gasteiger partial charge in [-0.15, -0.1) is 0 Å². The molecule has 7 heavy (non-hydrogen) atoms. The quantitative estimate of drug-likeness (QED) is 0.542. The van der Waals surface area contributed by atoms with Crippen LogP contribution < -0.4 is 5.48 Å². The summed E-state index contributed by atoms with van der Waals surface area (Å²) in [6.45, 7) is 4.78. The average molecular weight is 102 g/mol. The van der Waals surface area contributed by atoms with Gasteiger partial charge in [-0.3, -0.25) is 0 Å². The normalized spacial score (nSPS) is 10.3. The van der Waals surface area contributed by atoms with E-state index in [1.807, 2.05) is 5.48 Å². The van der Waals surface area contributed by atoms with E-state index in [4.69, 9.17) is 0 Å². The number of hydrogen-bond donors (Lipinski definition) is 1. The van der Waals surface area contributed by atoms with Gasteiger partial charge in [0.05, 0.1) is 0 Å². The van der Waals surface area contributed by atoms with Gasteiger partial charge >= 0.3 is 0 Å². The predicted molar refractivity (Wildman–Crippen MR) is 30.8 cm³/mol. The third kappa shape index (κ3) is 5.92. The molecule has 0 amide bonds. The number of rotatable bonds is 3. The summed E-state index contributed by atoms with van der Waals surface area (Å²) in [7, 11) is 0. The molecule has 0 aromatic rings. The van der Waals surface area contributed by atoms with Crippen molar-refractivity contribution in [3.63, 3.8) is 0 Å². The summed E-state index contributed by atoms with van der Waals surface area (Å²) in [6.07, 6.45) is 0.976. The maximum absolute atomic E-state index is 9.58. The second kappa shape index (κ2) is 4.09. The lowest BCUT2D eigenvalue weighted by Gasteiger charge is -2.07. The van der Waals surface area contributed by atoms with Crippen LogP contribution in [0.15, 0.2) is 0 Å². The zero-order valence-corrected chi connectivity index (χ0v) is 4.90. The predicted octanol–water partition coefficient (Wildman–Crippen LogP) is 1.12. The summed E-state index contributed by atoms with van der Waals surface area (Å²) in [5.41, 5.74) is 1.85. The third-order valence-electron chi connectivity index (χ3n) is 0.824. The highest BCUT2D eigenvalue weighted by molar-refractivity contribution is 4.48. The summed E-state index contributed by atoms with van der Waals surface area (Å²) in [4.78, 5) is 0. The summed E-state index contributed by atoms with van der Waals surface area (Å²) in [5.74, 6) is 0.640. The minimum Gasteiger partial charge on any atom is -0.788 e. The number of hydroxylamine groups is 1. The minimum absolute atomic E-state index is 0.595. The van der Waals surface area contributed by atoms with Crippen LogP contribution in [0.2, 0.25) is 0 Å². The molecular formula is C5H12NO-. The molecule has 0 saturated carbocycles. The SMILES string of the molecule is CC(C)CCN[O-]. The molecule has 1 N–H and O–H groups in total. The van der Waals surface area contributed by atoms with Crippen molar-refractivity contribution in [2.24, 2.45) is 5.92 Å². The third-order valence-corrected chi connectivity index (χ3v) is 0.824. The molecule has 0 aliphatic rings. The van der Waals surface area contributed by atoms with Crippen LogP contribution in [0.3, 0.4) is 0 Å². The monoisotopic (exact) mass is 102 g/mol. The molecule has 0 fully saturated rings. The van der Waals surface area contributed by atoms with Crippen molar-refractivity contribution in [1.29, 1.82) is 0 Å². The van der Waals surface area contributed by atoms with Gasteiger partial charge in [0.1, 0.15) is 0 Å². The Kier molecular flexibility index (Phi) is 4.04. The van der Waals surface area contributed by atoms with Crippen molar-refractivity contribution in [1.82, 2.24) is 5.48 Å². The maximum atomic E-state index is 9.58. The van der Waals surface area contributed by atoms with Crippen LogP contribution >= 0.6 is 0 Å². The molecule has 2 nitrogen and oxygen atoms in total. The second-order valence-corrected chi connectivity index (χ2v) is 2.08. The fourth-order valence-electron chi connectivity index (χ4n) is 0.348. The molecule has 0 aliphatic carbocycles.